The summed E-state index contributed by atoms with van der Waals surface area (Å²) in [5, 5.41) is 0. The standard InChI is InChI=1S/C16H18N2O3S/c19-14-6-7-15(20)18(14)10-8-16(21)17-9-3-11-22-13-5-2-1-4-12(13)17/h1-2,4-5H,3,6-11H2. The van der Waals surface area contributed by atoms with Crippen LogP contribution < -0.4 is 4.90 Å². The highest BCUT2D eigenvalue weighted by atomic mass is 32.2. The predicted molar refractivity (Wildman–Crippen MR) is 84.7 cm³/mol. The SMILES string of the molecule is O=C1CCC(=O)N1CCC(=O)N1CCCSc2ccccc21. The molecule has 0 radical (unpaired) electrons. The Balaban J connectivity index is 1.69. The maximum absolute atomic E-state index is 12.6. The third-order valence-corrected chi connectivity index (χ3v) is 5.09. The van der Waals surface area contributed by atoms with Crippen LogP contribution in [-0.4, -0.2) is 41.5 Å². The van der Waals surface area contributed by atoms with Crippen LogP contribution in [0, 0.1) is 0 Å². The van der Waals surface area contributed by atoms with Crippen LogP contribution in [-0.2, 0) is 14.4 Å². The highest BCUT2D eigenvalue weighted by Gasteiger charge is 2.30. The Morgan fingerprint density at radius 2 is 1.86 bits per heavy atom. The fourth-order valence-corrected chi connectivity index (χ4v) is 3.80. The molecule has 1 aromatic rings. The molecule has 5 nitrogen and oxygen atoms in total. The third-order valence-electron chi connectivity index (χ3n) is 3.94. The van der Waals surface area contributed by atoms with Gasteiger partial charge in [-0.05, 0) is 24.3 Å². The molecule has 1 fully saturated rings. The van der Waals surface area contributed by atoms with Crippen LogP contribution in [0.15, 0.2) is 29.2 Å². The molecule has 1 saturated heterocycles. The number of para-hydroxylation sites is 1. The molecule has 0 aliphatic carbocycles. The number of carbonyl (C=O) groups excluding carboxylic acids is 3. The van der Waals surface area contributed by atoms with E-state index in [-0.39, 0.29) is 43.5 Å². The maximum Gasteiger partial charge on any atom is 0.229 e. The Morgan fingerprint density at radius 1 is 1.14 bits per heavy atom. The normalized spacial score (nSPS) is 18.4. The minimum absolute atomic E-state index is 0.0255. The van der Waals surface area contributed by atoms with Crippen LogP contribution in [0.3, 0.4) is 0 Å². The van der Waals surface area contributed by atoms with Gasteiger partial charge >= 0.3 is 0 Å². The van der Waals surface area contributed by atoms with E-state index >= 15 is 0 Å². The van der Waals surface area contributed by atoms with Gasteiger partial charge in [-0.1, -0.05) is 12.1 Å². The van der Waals surface area contributed by atoms with Crippen LogP contribution in [0.25, 0.3) is 0 Å². The van der Waals surface area contributed by atoms with Crippen molar-refractivity contribution < 1.29 is 14.4 Å². The number of benzene rings is 1. The van der Waals surface area contributed by atoms with E-state index in [0.717, 1.165) is 22.8 Å². The second-order valence-electron chi connectivity index (χ2n) is 5.40. The molecule has 6 heteroatoms. The first-order valence-electron chi connectivity index (χ1n) is 7.52. The van der Waals surface area contributed by atoms with Gasteiger partial charge in [-0.25, -0.2) is 0 Å². The summed E-state index contributed by atoms with van der Waals surface area (Å²) in [5.74, 6) is 0.640. The van der Waals surface area contributed by atoms with Gasteiger partial charge in [-0.3, -0.25) is 19.3 Å². The zero-order valence-corrected chi connectivity index (χ0v) is 13.1. The van der Waals surface area contributed by atoms with E-state index in [9.17, 15) is 14.4 Å². The number of hydrogen-bond donors (Lipinski definition) is 0. The summed E-state index contributed by atoms with van der Waals surface area (Å²) >= 11 is 1.76. The summed E-state index contributed by atoms with van der Waals surface area (Å²) < 4.78 is 0. The first kappa shape index (κ1) is 15.1. The molecule has 2 heterocycles. The fraction of sp³-hybridized carbons (Fsp3) is 0.438. The smallest absolute Gasteiger partial charge is 0.229 e. The van der Waals surface area contributed by atoms with Crippen molar-refractivity contribution in [1.29, 1.82) is 0 Å². The van der Waals surface area contributed by atoms with E-state index in [2.05, 4.69) is 0 Å². The Bertz CT molecular complexity index is 601. The lowest BCUT2D eigenvalue weighted by atomic mass is 10.2. The van der Waals surface area contributed by atoms with Crippen molar-refractivity contribution in [3.63, 3.8) is 0 Å². The lowest BCUT2D eigenvalue weighted by Crippen LogP contribution is -2.37. The zero-order chi connectivity index (χ0) is 15.5. The molecule has 3 amide bonds. The van der Waals surface area contributed by atoms with Crippen molar-refractivity contribution in [2.75, 3.05) is 23.7 Å². The molecule has 1 aromatic carbocycles. The molecule has 0 spiro atoms. The van der Waals surface area contributed by atoms with Crippen molar-refractivity contribution >= 4 is 35.2 Å². The average molecular weight is 318 g/mol. The van der Waals surface area contributed by atoms with Gasteiger partial charge in [-0.15, -0.1) is 11.8 Å². The minimum atomic E-state index is -0.162. The number of nitrogens with zero attached hydrogens (tertiary/aromatic N) is 2. The number of likely N-dealkylation sites (tertiary alicyclic amines) is 1. The quantitative estimate of drug-likeness (QED) is 0.801. The number of carbonyl (C=O) groups is 3. The molecule has 116 valence electrons. The second-order valence-corrected chi connectivity index (χ2v) is 6.54. The van der Waals surface area contributed by atoms with Crippen LogP contribution >= 0.6 is 11.8 Å². The Labute approximate surface area is 133 Å². The lowest BCUT2D eigenvalue weighted by Gasteiger charge is -2.23. The Hall–Kier alpha value is -1.82. The molecule has 0 N–H and O–H groups in total. The molecule has 0 aromatic heterocycles. The molecule has 0 bridgehead atoms. The number of thioether (sulfide) groups is 1. The van der Waals surface area contributed by atoms with Gasteiger partial charge in [0.25, 0.3) is 0 Å². The summed E-state index contributed by atoms with van der Waals surface area (Å²) in [6, 6.07) is 7.89. The van der Waals surface area contributed by atoms with E-state index in [0.29, 0.717) is 6.54 Å². The maximum atomic E-state index is 12.6. The monoisotopic (exact) mass is 318 g/mol. The Kier molecular flexibility index (Phi) is 4.47. The summed E-state index contributed by atoms with van der Waals surface area (Å²) in [6.45, 7) is 0.882. The van der Waals surface area contributed by atoms with E-state index in [4.69, 9.17) is 0 Å². The van der Waals surface area contributed by atoms with Gasteiger partial charge in [0, 0.05) is 37.2 Å². The van der Waals surface area contributed by atoms with Crippen LogP contribution in [0.2, 0.25) is 0 Å². The molecule has 0 atom stereocenters. The number of fused-ring (bicyclic) bond motifs is 1. The first-order valence-corrected chi connectivity index (χ1v) is 8.51. The molecule has 2 aliphatic heterocycles. The third kappa shape index (κ3) is 3.02. The minimum Gasteiger partial charge on any atom is -0.311 e. The average Bonchev–Trinajstić information content (AvgIpc) is 2.74. The fourth-order valence-electron chi connectivity index (χ4n) is 2.80. The first-order chi connectivity index (χ1) is 10.7. The second kappa shape index (κ2) is 6.52. The highest BCUT2D eigenvalue weighted by Crippen LogP contribution is 2.33. The predicted octanol–water partition coefficient (Wildman–Crippen LogP) is 2.05. The summed E-state index contributed by atoms with van der Waals surface area (Å²) in [4.78, 5) is 39.9. The number of imide groups is 1. The van der Waals surface area contributed by atoms with E-state index in [1.165, 1.54) is 4.90 Å². The van der Waals surface area contributed by atoms with Gasteiger partial charge in [0.2, 0.25) is 17.7 Å². The topological polar surface area (TPSA) is 57.7 Å². The van der Waals surface area contributed by atoms with Gasteiger partial charge in [0.1, 0.15) is 0 Å². The van der Waals surface area contributed by atoms with Crippen molar-refractivity contribution in [3.05, 3.63) is 24.3 Å². The molecule has 0 unspecified atom stereocenters. The zero-order valence-electron chi connectivity index (χ0n) is 12.3. The molecular formula is C16H18N2O3S. The van der Waals surface area contributed by atoms with Crippen molar-refractivity contribution in [1.82, 2.24) is 4.90 Å². The van der Waals surface area contributed by atoms with E-state index in [1.54, 1.807) is 16.7 Å². The highest BCUT2D eigenvalue weighted by molar-refractivity contribution is 7.99. The summed E-state index contributed by atoms with van der Waals surface area (Å²) in [7, 11) is 0. The molecule has 2 aliphatic rings. The van der Waals surface area contributed by atoms with Crippen LogP contribution in [0.5, 0.6) is 0 Å². The number of anilines is 1. The van der Waals surface area contributed by atoms with Gasteiger partial charge in [-0.2, -0.15) is 0 Å². The van der Waals surface area contributed by atoms with Crippen molar-refractivity contribution in [2.45, 2.75) is 30.6 Å². The van der Waals surface area contributed by atoms with Crippen LogP contribution in [0.4, 0.5) is 5.69 Å². The molecule has 0 saturated carbocycles. The largest absolute Gasteiger partial charge is 0.311 e. The van der Waals surface area contributed by atoms with Crippen LogP contribution in [0.1, 0.15) is 25.7 Å². The molecule has 22 heavy (non-hydrogen) atoms. The summed E-state index contributed by atoms with van der Waals surface area (Å²) in [5.41, 5.74) is 0.939. The summed E-state index contributed by atoms with van der Waals surface area (Å²) in [6.07, 6.45) is 1.68. The number of hydrogen-bond acceptors (Lipinski definition) is 4. The van der Waals surface area contributed by atoms with E-state index in [1.807, 2.05) is 24.3 Å². The number of rotatable bonds is 3. The van der Waals surface area contributed by atoms with Crippen molar-refractivity contribution in [2.24, 2.45) is 0 Å². The van der Waals surface area contributed by atoms with Gasteiger partial charge in [0.05, 0.1) is 5.69 Å². The molecular weight excluding hydrogens is 300 g/mol. The van der Waals surface area contributed by atoms with Gasteiger partial charge in [0.15, 0.2) is 0 Å². The van der Waals surface area contributed by atoms with E-state index < -0.39 is 0 Å². The van der Waals surface area contributed by atoms with Crippen molar-refractivity contribution in [3.8, 4) is 0 Å². The van der Waals surface area contributed by atoms with Gasteiger partial charge < -0.3 is 4.90 Å². The Morgan fingerprint density at radius 3 is 2.64 bits per heavy atom. The number of amides is 3. The molecule has 3 rings (SSSR count). The lowest BCUT2D eigenvalue weighted by molar-refractivity contribution is -0.138.